The maximum atomic E-state index is 12.5. The van der Waals surface area contributed by atoms with Crippen LogP contribution in [0.15, 0.2) is 42.5 Å². The largest absolute Gasteiger partial charge is 0.354 e. The summed E-state index contributed by atoms with van der Waals surface area (Å²) in [4.78, 5) is 27.0. The molecule has 1 fully saturated rings. The number of amides is 2. The summed E-state index contributed by atoms with van der Waals surface area (Å²) in [7, 11) is 3.49. The van der Waals surface area contributed by atoms with Gasteiger partial charge in [0.15, 0.2) is 0 Å². The Morgan fingerprint density at radius 3 is 2.56 bits per heavy atom. The number of hydrogen-bond acceptors (Lipinski definition) is 5. The van der Waals surface area contributed by atoms with Crippen LogP contribution in [0.3, 0.4) is 0 Å². The summed E-state index contributed by atoms with van der Waals surface area (Å²) in [5, 5.41) is 7.29. The SMILES string of the molecule is BC(B)(C#C)NC(=O)CNC(=O)CN(SC)C1CCN(C(C)c2cccc3ccccc23)CC1. The normalized spacial score (nSPS) is 16.2. The van der Waals surface area contributed by atoms with Gasteiger partial charge < -0.3 is 10.6 Å². The minimum Gasteiger partial charge on any atom is -0.354 e. The average molecular weight is 476 g/mol. The molecule has 2 amide bonds. The molecule has 1 saturated heterocycles. The van der Waals surface area contributed by atoms with Gasteiger partial charge in [-0.15, -0.1) is 6.42 Å². The second kappa shape index (κ2) is 11.8. The Morgan fingerprint density at radius 2 is 1.88 bits per heavy atom. The van der Waals surface area contributed by atoms with Crippen molar-refractivity contribution in [3.63, 3.8) is 0 Å². The van der Waals surface area contributed by atoms with Gasteiger partial charge in [-0.25, -0.2) is 4.31 Å². The fourth-order valence-corrected chi connectivity index (χ4v) is 5.28. The van der Waals surface area contributed by atoms with Gasteiger partial charge in [-0.2, -0.15) is 0 Å². The van der Waals surface area contributed by atoms with Crippen molar-refractivity contribution in [3.8, 4) is 12.3 Å². The highest BCUT2D eigenvalue weighted by atomic mass is 32.2. The lowest BCUT2D eigenvalue weighted by atomic mass is 9.62. The molecular weight excluding hydrogens is 442 g/mol. The van der Waals surface area contributed by atoms with E-state index in [9.17, 15) is 9.59 Å². The third-order valence-corrected chi connectivity index (χ3v) is 7.42. The predicted molar refractivity (Wildman–Crippen MR) is 147 cm³/mol. The van der Waals surface area contributed by atoms with E-state index in [-0.39, 0.29) is 24.9 Å². The zero-order valence-corrected chi connectivity index (χ0v) is 21.5. The topological polar surface area (TPSA) is 64.7 Å². The van der Waals surface area contributed by atoms with Crippen LogP contribution in [0, 0.1) is 12.3 Å². The van der Waals surface area contributed by atoms with Gasteiger partial charge >= 0.3 is 0 Å². The molecule has 3 rings (SSSR count). The van der Waals surface area contributed by atoms with Crippen molar-refractivity contribution < 1.29 is 9.59 Å². The van der Waals surface area contributed by atoms with Crippen molar-refractivity contribution in [1.82, 2.24) is 19.8 Å². The monoisotopic (exact) mass is 476 g/mol. The second-order valence-electron chi connectivity index (χ2n) is 9.36. The highest BCUT2D eigenvalue weighted by molar-refractivity contribution is 7.96. The first-order chi connectivity index (χ1) is 16.2. The van der Waals surface area contributed by atoms with Gasteiger partial charge in [0.1, 0.15) is 15.7 Å². The number of carbonyl (C=O) groups is 2. The standard InChI is InChI=1S/C25H34B2N4O2S/c1-4-25(26,27)29-23(32)16-28-24(33)17-31(34-3)20-12-14-30(15-13-20)18(2)21-11-7-9-19-8-5-6-10-22(19)21/h1,5-11,18,20H,12-17,26-27H2,2-3H3,(H,28,33)(H,29,32). The van der Waals surface area contributed by atoms with E-state index < -0.39 is 5.34 Å². The average Bonchev–Trinajstić information content (AvgIpc) is 2.85. The third-order valence-electron chi connectivity index (χ3n) is 6.52. The zero-order valence-electron chi connectivity index (χ0n) is 20.6. The third kappa shape index (κ3) is 6.82. The Labute approximate surface area is 209 Å². The number of rotatable bonds is 9. The van der Waals surface area contributed by atoms with E-state index >= 15 is 0 Å². The van der Waals surface area contributed by atoms with Crippen molar-refractivity contribution in [2.45, 2.75) is 37.2 Å². The van der Waals surface area contributed by atoms with E-state index in [1.807, 2.05) is 6.26 Å². The van der Waals surface area contributed by atoms with Gasteiger partial charge in [0, 0.05) is 30.5 Å². The molecule has 0 radical (unpaired) electrons. The Balaban J connectivity index is 1.50. The summed E-state index contributed by atoms with van der Waals surface area (Å²) < 4.78 is 2.14. The Hall–Kier alpha value is -2.40. The number of carbonyl (C=O) groups excluding carboxylic acids is 2. The molecule has 1 heterocycles. The molecule has 0 spiro atoms. The fourth-order valence-electron chi connectivity index (χ4n) is 4.52. The first kappa shape index (κ1) is 26.2. The van der Waals surface area contributed by atoms with Crippen LogP contribution in [-0.2, 0) is 9.59 Å². The molecule has 34 heavy (non-hydrogen) atoms. The molecule has 0 saturated carbocycles. The summed E-state index contributed by atoms with van der Waals surface area (Å²) in [6.07, 6.45) is 9.40. The lowest BCUT2D eigenvalue weighted by Crippen LogP contribution is -2.52. The molecule has 2 N–H and O–H groups in total. The Morgan fingerprint density at radius 1 is 1.21 bits per heavy atom. The molecule has 1 aliphatic rings. The van der Waals surface area contributed by atoms with Crippen molar-refractivity contribution >= 4 is 50.2 Å². The van der Waals surface area contributed by atoms with E-state index in [1.54, 1.807) is 27.6 Å². The minimum atomic E-state index is -0.732. The van der Waals surface area contributed by atoms with Gasteiger partial charge in [-0.05, 0) is 42.4 Å². The number of fused-ring (bicyclic) bond motifs is 1. The molecule has 0 aliphatic carbocycles. The van der Waals surface area contributed by atoms with Crippen molar-refractivity contribution in [3.05, 3.63) is 48.0 Å². The summed E-state index contributed by atoms with van der Waals surface area (Å²) in [5.41, 5.74) is 1.36. The maximum absolute atomic E-state index is 12.5. The van der Waals surface area contributed by atoms with Gasteiger partial charge in [0.2, 0.25) is 11.8 Å². The fraction of sp³-hybridized carbons (Fsp3) is 0.440. The molecule has 6 nitrogen and oxygen atoms in total. The molecule has 0 aromatic heterocycles. The smallest absolute Gasteiger partial charge is 0.239 e. The molecule has 2 aromatic carbocycles. The van der Waals surface area contributed by atoms with Crippen LogP contribution in [0.4, 0.5) is 0 Å². The van der Waals surface area contributed by atoms with E-state index in [2.05, 4.69) is 75.1 Å². The van der Waals surface area contributed by atoms with Crippen molar-refractivity contribution in [2.75, 3.05) is 32.4 Å². The number of terminal acetylenes is 1. The molecule has 1 atom stereocenters. The molecular formula is C25H34B2N4O2S. The van der Waals surface area contributed by atoms with Gasteiger partial charge in [-0.3, -0.25) is 14.5 Å². The Kier molecular flexibility index (Phi) is 9.12. The van der Waals surface area contributed by atoms with E-state index in [0.29, 0.717) is 12.1 Å². The summed E-state index contributed by atoms with van der Waals surface area (Å²) in [6.45, 7) is 4.44. The number of piperidine rings is 1. The summed E-state index contributed by atoms with van der Waals surface area (Å²) >= 11 is 1.59. The van der Waals surface area contributed by atoms with Gasteiger partial charge in [-0.1, -0.05) is 60.3 Å². The van der Waals surface area contributed by atoms with Crippen LogP contribution in [0.1, 0.15) is 31.4 Å². The number of hydrogen-bond donors (Lipinski definition) is 2. The lowest BCUT2D eigenvalue weighted by Gasteiger charge is -2.40. The minimum absolute atomic E-state index is 0.0762. The number of nitrogens with one attached hydrogen (secondary N) is 2. The maximum Gasteiger partial charge on any atom is 0.239 e. The van der Waals surface area contributed by atoms with E-state index in [4.69, 9.17) is 6.42 Å². The summed E-state index contributed by atoms with van der Waals surface area (Å²) in [6, 6.07) is 15.8. The lowest BCUT2D eigenvalue weighted by molar-refractivity contribution is -0.126. The van der Waals surface area contributed by atoms with Gasteiger partial charge in [0.25, 0.3) is 0 Å². The molecule has 2 aromatic rings. The van der Waals surface area contributed by atoms with Crippen LogP contribution in [0.2, 0.25) is 0 Å². The summed E-state index contributed by atoms with van der Waals surface area (Å²) in [5.74, 6) is 2.07. The molecule has 0 bridgehead atoms. The molecule has 1 unspecified atom stereocenters. The number of nitrogens with zero attached hydrogens (tertiary/aromatic N) is 2. The first-order valence-corrected chi connectivity index (χ1v) is 13.0. The molecule has 1 aliphatic heterocycles. The predicted octanol–water partition coefficient (Wildman–Crippen LogP) is 0.731. The molecule has 178 valence electrons. The van der Waals surface area contributed by atoms with Crippen molar-refractivity contribution in [1.29, 1.82) is 0 Å². The Bertz CT molecular complexity index is 1050. The second-order valence-corrected chi connectivity index (χ2v) is 10.2. The van der Waals surface area contributed by atoms with Crippen LogP contribution >= 0.6 is 11.9 Å². The van der Waals surface area contributed by atoms with Crippen LogP contribution in [-0.4, -0.2) is 80.5 Å². The van der Waals surface area contributed by atoms with Crippen LogP contribution < -0.4 is 10.6 Å². The quantitative estimate of drug-likeness (QED) is 0.318. The van der Waals surface area contributed by atoms with Gasteiger partial charge in [0.05, 0.1) is 13.1 Å². The van der Waals surface area contributed by atoms with Crippen molar-refractivity contribution in [2.24, 2.45) is 0 Å². The molecule has 9 heteroatoms. The highest BCUT2D eigenvalue weighted by Gasteiger charge is 2.29. The van der Waals surface area contributed by atoms with Crippen LogP contribution in [0.5, 0.6) is 0 Å². The zero-order chi connectivity index (χ0) is 24.7. The van der Waals surface area contributed by atoms with E-state index in [0.717, 1.165) is 25.9 Å². The first-order valence-electron chi connectivity index (χ1n) is 11.8. The van der Waals surface area contributed by atoms with Crippen LogP contribution in [0.25, 0.3) is 10.8 Å². The van der Waals surface area contributed by atoms with E-state index in [1.165, 1.54) is 16.3 Å². The number of benzene rings is 2. The number of likely N-dealkylation sites (tertiary alicyclic amines) is 1. The highest BCUT2D eigenvalue weighted by Crippen LogP contribution is 2.31.